The number of carbonyl (C=O) groups is 1. The Bertz CT molecular complexity index is 582. The number of phenolic OH excluding ortho intramolecular Hbond substituents is 1. The molecular weight excluding hydrogens is 256 g/mol. The van der Waals surface area contributed by atoms with Gasteiger partial charge in [0.15, 0.2) is 0 Å². The molecule has 2 amide bonds. The van der Waals surface area contributed by atoms with Gasteiger partial charge in [-0.05, 0) is 42.0 Å². The molecular formula is C15H16N2O3. The summed E-state index contributed by atoms with van der Waals surface area (Å²) in [6.07, 6.45) is 0. The molecule has 0 heterocycles. The molecule has 2 aromatic carbocycles. The Morgan fingerprint density at radius 1 is 1.10 bits per heavy atom. The molecule has 0 atom stereocenters. The zero-order valence-electron chi connectivity index (χ0n) is 11.1. The van der Waals surface area contributed by atoms with Gasteiger partial charge in [0.1, 0.15) is 5.75 Å². The molecule has 5 nitrogen and oxygen atoms in total. The van der Waals surface area contributed by atoms with Crippen molar-refractivity contribution in [3.8, 4) is 5.75 Å². The zero-order valence-corrected chi connectivity index (χ0v) is 11.1. The summed E-state index contributed by atoms with van der Waals surface area (Å²) in [6, 6.07) is 13.3. The van der Waals surface area contributed by atoms with Crippen LogP contribution in [0.25, 0.3) is 0 Å². The molecule has 0 saturated heterocycles. The van der Waals surface area contributed by atoms with Gasteiger partial charge in [0.2, 0.25) is 0 Å². The predicted molar refractivity (Wildman–Crippen MR) is 77.9 cm³/mol. The summed E-state index contributed by atoms with van der Waals surface area (Å²) < 4.78 is 5.04. The number of hydrogen-bond donors (Lipinski definition) is 3. The highest BCUT2D eigenvalue weighted by molar-refractivity contribution is 5.99. The summed E-state index contributed by atoms with van der Waals surface area (Å²) in [6.45, 7) is 0.495. The van der Waals surface area contributed by atoms with Crippen LogP contribution in [0.4, 0.5) is 16.2 Å². The zero-order chi connectivity index (χ0) is 14.4. The fourth-order valence-corrected chi connectivity index (χ4v) is 1.74. The second kappa shape index (κ2) is 6.58. The van der Waals surface area contributed by atoms with Gasteiger partial charge in [0.25, 0.3) is 0 Å². The Balaban J connectivity index is 1.97. The molecule has 20 heavy (non-hydrogen) atoms. The van der Waals surface area contributed by atoms with E-state index in [0.29, 0.717) is 18.0 Å². The van der Waals surface area contributed by atoms with Crippen LogP contribution in [0, 0.1) is 0 Å². The Morgan fingerprint density at radius 2 is 1.80 bits per heavy atom. The molecule has 0 bridgehead atoms. The number of urea groups is 1. The van der Waals surface area contributed by atoms with Gasteiger partial charge in [-0.1, -0.05) is 12.1 Å². The van der Waals surface area contributed by atoms with Crippen molar-refractivity contribution in [3.63, 3.8) is 0 Å². The number of amides is 2. The highest BCUT2D eigenvalue weighted by Crippen LogP contribution is 2.15. The molecule has 3 N–H and O–H groups in total. The number of methoxy groups -OCH3 is 1. The monoisotopic (exact) mass is 272 g/mol. The normalized spacial score (nSPS) is 10.1. The minimum Gasteiger partial charge on any atom is -0.508 e. The van der Waals surface area contributed by atoms with Crippen molar-refractivity contribution in [1.82, 2.24) is 0 Å². The molecule has 0 fully saturated rings. The molecule has 2 aromatic rings. The summed E-state index contributed by atoms with van der Waals surface area (Å²) in [7, 11) is 1.62. The van der Waals surface area contributed by atoms with Gasteiger partial charge in [-0.3, -0.25) is 0 Å². The fraction of sp³-hybridized carbons (Fsp3) is 0.133. The fourth-order valence-electron chi connectivity index (χ4n) is 1.74. The van der Waals surface area contributed by atoms with Crippen molar-refractivity contribution < 1.29 is 14.6 Å². The quantitative estimate of drug-likeness (QED) is 0.749. The minimum atomic E-state index is -0.342. The molecule has 0 spiro atoms. The number of phenols is 1. The largest absolute Gasteiger partial charge is 0.508 e. The highest BCUT2D eigenvalue weighted by atomic mass is 16.5. The van der Waals surface area contributed by atoms with E-state index in [2.05, 4.69) is 10.6 Å². The summed E-state index contributed by atoms with van der Waals surface area (Å²) in [4.78, 5) is 11.8. The number of aromatic hydroxyl groups is 1. The Hall–Kier alpha value is -2.53. The predicted octanol–water partition coefficient (Wildman–Crippen LogP) is 3.18. The van der Waals surface area contributed by atoms with E-state index in [1.807, 2.05) is 18.2 Å². The van der Waals surface area contributed by atoms with Crippen molar-refractivity contribution in [3.05, 3.63) is 54.1 Å². The van der Waals surface area contributed by atoms with E-state index in [1.165, 1.54) is 12.1 Å². The van der Waals surface area contributed by atoms with Crippen molar-refractivity contribution in [2.24, 2.45) is 0 Å². The minimum absolute atomic E-state index is 0.156. The number of nitrogens with one attached hydrogen (secondary N) is 2. The number of anilines is 2. The molecule has 0 radical (unpaired) electrons. The van der Waals surface area contributed by atoms with Crippen LogP contribution in [-0.4, -0.2) is 18.2 Å². The third-order valence-electron chi connectivity index (χ3n) is 2.62. The first-order valence-corrected chi connectivity index (χ1v) is 6.12. The molecule has 0 aliphatic carbocycles. The molecule has 0 aliphatic rings. The average molecular weight is 272 g/mol. The van der Waals surface area contributed by atoms with E-state index < -0.39 is 0 Å². The maximum atomic E-state index is 11.8. The van der Waals surface area contributed by atoms with Gasteiger partial charge < -0.3 is 20.5 Å². The van der Waals surface area contributed by atoms with Crippen molar-refractivity contribution in [1.29, 1.82) is 0 Å². The molecule has 0 unspecified atom stereocenters. The maximum Gasteiger partial charge on any atom is 0.323 e. The molecule has 5 heteroatoms. The van der Waals surface area contributed by atoms with Crippen LogP contribution >= 0.6 is 0 Å². The first-order chi connectivity index (χ1) is 9.67. The first kappa shape index (κ1) is 13.9. The molecule has 0 aliphatic heterocycles. The van der Waals surface area contributed by atoms with Gasteiger partial charge in [-0.25, -0.2) is 4.79 Å². The summed E-state index contributed by atoms with van der Waals surface area (Å²) in [5.74, 6) is 0.156. The van der Waals surface area contributed by atoms with Crippen molar-refractivity contribution in [2.75, 3.05) is 17.7 Å². The van der Waals surface area contributed by atoms with Gasteiger partial charge in [0.05, 0.1) is 6.61 Å². The smallest absolute Gasteiger partial charge is 0.323 e. The van der Waals surface area contributed by atoms with Crippen LogP contribution in [0.1, 0.15) is 5.56 Å². The summed E-state index contributed by atoms with van der Waals surface area (Å²) >= 11 is 0. The molecule has 2 rings (SSSR count). The van der Waals surface area contributed by atoms with Gasteiger partial charge in [-0.15, -0.1) is 0 Å². The standard InChI is InChI=1S/C15H16N2O3/c1-20-10-11-3-2-4-13(9-11)17-15(19)16-12-5-7-14(18)8-6-12/h2-9,18H,10H2,1H3,(H2,16,17,19). The van der Waals surface area contributed by atoms with Gasteiger partial charge in [0, 0.05) is 18.5 Å². The lowest BCUT2D eigenvalue weighted by Crippen LogP contribution is -2.19. The van der Waals surface area contributed by atoms with E-state index in [9.17, 15) is 4.79 Å². The number of rotatable bonds is 4. The van der Waals surface area contributed by atoms with Crippen LogP contribution in [-0.2, 0) is 11.3 Å². The highest BCUT2D eigenvalue weighted by Gasteiger charge is 2.03. The topological polar surface area (TPSA) is 70.6 Å². The van der Waals surface area contributed by atoms with E-state index in [0.717, 1.165) is 5.56 Å². The third kappa shape index (κ3) is 4.00. The maximum absolute atomic E-state index is 11.8. The van der Waals surface area contributed by atoms with Crippen LogP contribution in [0.3, 0.4) is 0 Å². The van der Waals surface area contributed by atoms with E-state index in [4.69, 9.17) is 9.84 Å². The van der Waals surface area contributed by atoms with Crippen molar-refractivity contribution >= 4 is 17.4 Å². The number of ether oxygens (including phenoxy) is 1. The van der Waals surface area contributed by atoms with E-state index in [-0.39, 0.29) is 11.8 Å². The lowest BCUT2D eigenvalue weighted by atomic mass is 10.2. The Kier molecular flexibility index (Phi) is 4.57. The van der Waals surface area contributed by atoms with Crippen LogP contribution in [0.15, 0.2) is 48.5 Å². The van der Waals surface area contributed by atoms with Crippen LogP contribution in [0.2, 0.25) is 0 Å². The van der Waals surface area contributed by atoms with Gasteiger partial charge in [-0.2, -0.15) is 0 Å². The van der Waals surface area contributed by atoms with Crippen LogP contribution in [0.5, 0.6) is 5.75 Å². The summed E-state index contributed by atoms with van der Waals surface area (Å²) in [5.41, 5.74) is 2.28. The lowest BCUT2D eigenvalue weighted by Gasteiger charge is -2.09. The SMILES string of the molecule is COCc1cccc(NC(=O)Nc2ccc(O)cc2)c1. The van der Waals surface area contributed by atoms with Crippen LogP contribution < -0.4 is 10.6 Å². The Labute approximate surface area is 117 Å². The molecule has 0 saturated carbocycles. The molecule has 104 valence electrons. The molecule has 0 aromatic heterocycles. The van der Waals surface area contributed by atoms with E-state index in [1.54, 1.807) is 25.3 Å². The number of benzene rings is 2. The summed E-state index contributed by atoms with van der Waals surface area (Å²) in [5, 5.41) is 14.6. The van der Waals surface area contributed by atoms with Gasteiger partial charge >= 0.3 is 6.03 Å². The first-order valence-electron chi connectivity index (χ1n) is 6.12. The average Bonchev–Trinajstić information content (AvgIpc) is 2.42. The Morgan fingerprint density at radius 3 is 2.50 bits per heavy atom. The van der Waals surface area contributed by atoms with Crippen molar-refractivity contribution in [2.45, 2.75) is 6.61 Å². The lowest BCUT2D eigenvalue weighted by molar-refractivity contribution is 0.185. The second-order valence-corrected chi connectivity index (χ2v) is 4.26. The van der Waals surface area contributed by atoms with E-state index >= 15 is 0 Å². The second-order valence-electron chi connectivity index (χ2n) is 4.26. The third-order valence-corrected chi connectivity index (χ3v) is 2.62. The number of carbonyl (C=O) groups excluding carboxylic acids is 1. The number of hydrogen-bond acceptors (Lipinski definition) is 3.